The number of benzene rings is 1. The molecule has 0 atom stereocenters. The average Bonchev–Trinajstić information content (AvgIpc) is 2.25. The van der Waals surface area contributed by atoms with Gasteiger partial charge in [0, 0.05) is 11.6 Å². The second kappa shape index (κ2) is 6.42. The third kappa shape index (κ3) is 3.77. The van der Waals surface area contributed by atoms with E-state index in [2.05, 4.69) is 11.2 Å². The monoisotopic (exact) mass is 237 g/mol. The molecule has 0 unspecified atom stereocenters. The van der Waals surface area contributed by atoms with Gasteiger partial charge in [0.05, 0.1) is 6.54 Å². The zero-order valence-corrected chi connectivity index (χ0v) is 10.4. The summed E-state index contributed by atoms with van der Waals surface area (Å²) in [6.07, 6.45) is 5.11. The highest BCUT2D eigenvalue weighted by atomic mass is 35.5. The summed E-state index contributed by atoms with van der Waals surface area (Å²) in [6, 6.07) is 3.88. The molecule has 0 fully saturated rings. The van der Waals surface area contributed by atoms with E-state index in [9.17, 15) is 0 Å². The van der Waals surface area contributed by atoms with Crippen LogP contribution in [0.5, 0.6) is 5.75 Å². The number of nitrogens with one attached hydrogen (secondary N) is 1. The number of terminal acetylenes is 1. The number of halogens is 1. The maximum atomic E-state index is 6.06. The Morgan fingerprint density at radius 2 is 2.00 bits per heavy atom. The van der Waals surface area contributed by atoms with E-state index >= 15 is 0 Å². The van der Waals surface area contributed by atoms with Crippen LogP contribution in [0.15, 0.2) is 12.1 Å². The quantitative estimate of drug-likeness (QED) is 0.628. The largest absolute Gasteiger partial charge is 0.492 e. The molecular formula is C13H16ClNO. The lowest BCUT2D eigenvalue weighted by Gasteiger charge is -2.09. The van der Waals surface area contributed by atoms with Crippen LogP contribution in [-0.2, 0) is 0 Å². The Balaban J connectivity index is 2.46. The van der Waals surface area contributed by atoms with Gasteiger partial charge in [-0.05, 0) is 37.1 Å². The summed E-state index contributed by atoms with van der Waals surface area (Å²) in [5.74, 6) is 3.36. The lowest BCUT2D eigenvalue weighted by atomic mass is 10.1. The van der Waals surface area contributed by atoms with Crippen LogP contribution in [0.4, 0.5) is 0 Å². The van der Waals surface area contributed by atoms with Gasteiger partial charge in [-0.2, -0.15) is 0 Å². The van der Waals surface area contributed by atoms with Gasteiger partial charge < -0.3 is 10.1 Å². The minimum atomic E-state index is 0.571. The third-order valence-corrected chi connectivity index (χ3v) is 2.78. The molecule has 0 bridgehead atoms. The van der Waals surface area contributed by atoms with Gasteiger partial charge in [-0.15, -0.1) is 6.42 Å². The molecule has 0 saturated heterocycles. The highest BCUT2D eigenvalue weighted by Crippen LogP contribution is 2.25. The molecule has 1 N–H and O–H groups in total. The number of ether oxygens (including phenoxy) is 1. The highest BCUT2D eigenvalue weighted by Gasteiger charge is 2.02. The molecular weight excluding hydrogens is 222 g/mol. The van der Waals surface area contributed by atoms with Crippen molar-refractivity contribution in [2.45, 2.75) is 13.8 Å². The maximum Gasteiger partial charge on any atom is 0.119 e. The van der Waals surface area contributed by atoms with Crippen LogP contribution >= 0.6 is 11.6 Å². The van der Waals surface area contributed by atoms with Crippen LogP contribution in [0, 0.1) is 26.2 Å². The molecule has 86 valence electrons. The second-order valence-corrected chi connectivity index (χ2v) is 3.98. The van der Waals surface area contributed by atoms with Gasteiger partial charge >= 0.3 is 0 Å². The Bertz CT molecular complexity index is 372. The summed E-state index contributed by atoms with van der Waals surface area (Å²) < 4.78 is 5.58. The predicted molar refractivity (Wildman–Crippen MR) is 68.1 cm³/mol. The maximum absolute atomic E-state index is 6.06. The van der Waals surface area contributed by atoms with Gasteiger partial charge in [-0.3, -0.25) is 0 Å². The average molecular weight is 238 g/mol. The minimum Gasteiger partial charge on any atom is -0.492 e. The van der Waals surface area contributed by atoms with Gasteiger partial charge in [-0.25, -0.2) is 0 Å². The van der Waals surface area contributed by atoms with E-state index in [1.54, 1.807) is 0 Å². The van der Waals surface area contributed by atoms with Crippen LogP contribution in [0.2, 0.25) is 5.02 Å². The van der Waals surface area contributed by atoms with Gasteiger partial charge in [0.15, 0.2) is 0 Å². The van der Waals surface area contributed by atoms with Crippen molar-refractivity contribution in [3.05, 3.63) is 28.3 Å². The van der Waals surface area contributed by atoms with Crippen LogP contribution in [0.25, 0.3) is 0 Å². The molecule has 0 spiro atoms. The van der Waals surface area contributed by atoms with E-state index in [1.807, 2.05) is 26.0 Å². The molecule has 16 heavy (non-hydrogen) atoms. The van der Waals surface area contributed by atoms with Crippen LogP contribution in [0.3, 0.4) is 0 Å². The van der Waals surface area contributed by atoms with Crippen molar-refractivity contribution in [1.29, 1.82) is 0 Å². The number of rotatable bonds is 5. The summed E-state index contributed by atoms with van der Waals surface area (Å²) >= 11 is 6.06. The summed E-state index contributed by atoms with van der Waals surface area (Å²) in [5.41, 5.74) is 2.07. The Morgan fingerprint density at radius 1 is 1.38 bits per heavy atom. The Kier molecular flexibility index (Phi) is 5.18. The first-order valence-corrected chi connectivity index (χ1v) is 5.56. The van der Waals surface area contributed by atoms with E-state index in [1.165, 1.54) is 0 Å². The van der Waals surface area contributed by atoms with Gasteiger partial charge in [-0.1, -0.05) is 17.5 Å². The number of hydrogen-bond acceptors (Lipinski definition) is 2. The molecule has 1 rings (SSSR count). The van der Waals surface area contributed by atoms with Crippen molar-refractivity contribution in [2.75, 3.05) is 19.7 Å². The van der Waals surface area contributed by atoms with Gasteiger partial charge in [0.25, 0.3) is 0 Å². The van der Waals surface area contributed by atoms with E-state index in [0.717, 1.165) is 28.4 Å². The molecule has 2 nitrogen and oxygen atoms in total. The van der Waals surface area contributed by atoms with Crippen molar-refractivity contribution in [1.82, 2.24) is 5.32 Å². The first-order valence-electron chi connectivity index (χ1n) is 5.19. The first kappa shape index (κ1) is 12.9. The molecule has 1 aromatic carbocycles. The third-order valence-electron chi connectivity index (χ3n) is 2.18. The molecule has 1 aromatic rings. The fourth-order valence-corrected chi connectivity index (χ4v) is 1.50. The molecule has 3 heteroatoms. The smallest absolute Gasteiger partial charge is 0.119 e. The zero-order chi connectivity index (χ0) is 12.0. The standard InChI is InChI=1S/C13H16ClNO/c1-4-5-15-6-7-16-12-8-10(2)13(14)11(3)9-12/h1,8-9,15H,5-7H2,2-3H3. The minimum absolute atomic E-state index is 0.571. The van der Waals surface area contributed by atoms with Crippen LogP contribution < -0.4 is 10.1 Å². The molecule has 0 aliphatic heterocycles. The number of hydrogen-bond donors (Lipinski definition) is 1. The Labute approximate surface area is 102 Å². The van der Waals surface area contributed by atoms with Crippen molar-refractivity contribution in [2.24, 2.45) is 0 Å². The fourth-order valence-electron chi connectivity index (χ4n) is 1.39. The predicted octanol–water partition coefficient (Wildman–Crippen LogP) is 2.56. The van der Waals surface area contributed by atoms with Crippen LogP contribution in [-0.4, -0.2) is 19.7 Å². The second-order valence-electron chi connectivity index (χ2n) is 3.60. The SMILES string of the molecule is C#CCNCCOc1cc(C)c(Cl)c(C)c1. The topological polar surface area (TPSA) is 21.3 Å². The summed E-state index contributed by atoms with van der Waals surface area (Å²) in [7, 11) is 0. The molecule has 0 aliphatic carbocycles. The molecule has 0 radical (unpaired) electrons. The summed E-state index contributed by atoms with van der Waals surface area (Å²) in [6.45, 7) is 5.85. The van der Waals surface area contributed by atoms with E-state index < -0.39 is 0 Å². The van der Waals surface area contributed by atoms with Gasteiger partial charge in [0.2, 0.25) is 0 Å². The van der Waals surface area contributed by atoms with Crippen molar-refractivity contribution < 1.29 is 4.74 Å². The molecule has 0 saturated carbocycles. The molecule has 0 aliphatic rings. The van der Waals surface area contributed by atoms with E-state index in [0.29, 0.717) is 13.2 Å². The van der Waals surface area contributed by atoms with Crippen molar-refractivity contribution in [3.63, 3.8) is 0 Å². The van der Waals surface area contributed by atoms with Crippen LogP contribution in [0.1, 0.15) is 11.1 Å². The van der Waals surface area contributed by atoms with Crippen molar-refractivity contribution in [3.8, 4) is 18.1 Å². The summed E-state index contributed by atoms with van der Waals surface area (Å²) in [4.78, 5) is 0. The highest BCUT2D eigenvalue weighted by molar-refractivity contribution is 6.32. The van der Waals surface area contributed by atoms with Crippen molar-refractivity contribution >= 4 is 11.6 Å². The zero-order valence-electron chi connectivity index (χ0n) is 9.64. The lowest BCUT2D eigenvalue weighted by Crippen LogP contribution is -2.21. The first-order chi connectivity index (χ1) is 7.65. The summed E-state index contributed by atoms with van der Waals surface area (Å²) in [5, 5.41) is 3.86. The molecule has 0 heterocycles. The number of aryl methyl sites for hydroxylation is 2. The Morgan fingerprint density at radius 3 is 2.56 bits per heavy atom. The fraction of sp³-hybridized carbons (Fsp3) is 0.385. The lowest BCUT2D eigenvalue weighted by molar-refractivity contribution is 0.316. The van der Waals surface area contributed by atoms with Gasteiger partial charge in [0.1, 0.15) is 12.4 Å². The molecule has 0 aromatic heterocycles. The van der Waals surface area contributed by atoms with E-state index in [4.69, 9.17) is 22.8 Å². The van der Waals surface area contributed by atoms with E-state index in [-0.39, 0.29) is 0 Å². The normalized spacial score (nSPS) is 9.88. The molecule has 0 amide bonds. The Hall–Kier alpha value is -1.17.